The lowest BCUT2D eigenvalue weighted by molar-refractivity contribution is -0.137. The van der Waals surface area contributed by atoms with E-state index < -0.39 is 28.7 Å². The summed E-state index contributed by atoms with van der Waals surface area (Å²) in [5.74, 6) is -1.38. The van der Waals surface area contributed by atoms with Crippen LogP contribution in [0, 0.1) is 0 Å². The average Bonchev–Trinajstić information content (AvgIpc) is 3.42. The molecule has 4 rings (SSSR count). The van der Waals surface area contributed by atoms with Gasteiger partial charge in [0.1, 0.15) is 27.0 Å². The molecule has 0 aromatic carbocycles. The molecule has 4 aromatic heterocycles. The van der Waals surface area contributed by atoms with Crippen molar-refractivity contribution in [1.82, 2.24) is 24.7 Å². The van der Waals surface area contributed by atoms with E-state index in [-0.39, 0.29) is 16.6 Å². The fourth-order valence-corrected chi connectivity index (χ4v) is 3.95. The van der Waals surface area contributed by atoms with Crippen molar-refractivity contribution in [2.75, 3.05) is 5.32 Å². The van der Waals surface area contributed by atoms with Crippen molar-refractivity contribution in [2.45, 2.75) is 19.1 Å². The molecule has 170 valence electrons. The molecule has 0 aliphatic carbocycles. The van der Waals surface area contributed by atoms with Crippen molar-refractivity contribution in [2.24, 2.45) is 0 Å². The van der Waals surface area contributed by atoms with Gasteiger partial charge in [0.15, 0.2) is 0 Å². The van der Waals surface area contributed by atoms with Gasteiger partial charge in [-0.05, 0) is 25.1 Å². The van der Waals surface area contributed by atoms with Crippen LogP contribution in [0.2, 0.25) is 5.02 Å². The van der Waals surface area contributed by atoms with Crippen LogP contribution in [0.15, 0.2) is 49.1 Å². The number of thiazole rings is 1. The molecule has 0 saturated heterocycles. The van der Waals surface area contributed by atoms with Crippen LogP contribution in [0.3, 0.4) is 0 Å². The fraction of sp³-hybridized carbons (Fsp3) is 0.150. The SMILES string of the molecule is C[C@@H](NC(=O)c1cnc2ccccn12)c1ncc(C(=O)Nc2cc(C(F)(F)F)c(Cl)cn2)s1. The number of nitrogens with zero attached hydrogens (tertiary/aromatic N) is 4. The Morgan fingerprint density at radius 2 is 1.91 bits per heavy atom. The number of carbonyl (C=O) groups excluding carboxylic acids is 2. The lowest BCUT2D eigenvalue weighted by atomic mass is 10.2. The number of rotatable bonds is 5. The van der Waals surface area contributed by atoms with Crippen molar-refractivity contribution >= 4 is 46.2 Å². The second-order valence-corrected chi connectivity index (χ2v) is 8.30. The minimum atomic E-state index is -4.69. The maximum atomic E-state index is 13.0. The van der Waals surface area contributed by atoms with E-state index in [0.29, 0.717) is 22.4 Å². The van der Waals surface area contributed by atoms with Gasteiger partial charge in [0.2, 0.25) is 0 Å². The van der Waals surface area contributed by atoms with Gasteiger partial charge in [-0.1, -0.05) is 17.7 Å². The summed E-state index contributed by atoms with van der Waals surface area (Å²) in [6.07, 6.45) is 0.559. The highest BCUT2D eigenvalue weighted by molar-refractivity contribution is 7.13. The number of hydrogen-bond acceptors (Lipinski definition) is 6. The summed E-state index contributed by atoms with van der Waals surface area (Å²) in [7, 11) is 0. The van der Waals surface area contributed by atoms with Crippen LogP contribution in [-0.4, -0.2) is 31.2 Å². The van der Waals surface area contributed by atoms with Crippen LogP contribution in [0.1, 0.15) is 43.7 Å². The molecule has 4 heterocycles. The molecule has 0 saturated carbocycles. The normalized spacial score (nSPS) is 12.5. The molecule has 0 unspecified atom stereocenters. The molecule has 0 spiro atoms. The molecule has 2 N–H and O–H groups in total. The van der Waals surface area contributed by atoms with Crippen molar-refractivity contribution < 1.29 is 22.8 Å². The minimum absolute atomic E-state index is 0.131. The highest BCUT2D eigenvalue weighted by Crippen LogP contribution is 2.35. The molecule has 4 aromatic rings. The van der Waals surface area contributed by atoms with Crippen molar-refractivity contribution in [3.05, 3.63) is 75.2 Å². The third kappa shape index (κ3) is 4.81. The number of imidazole rings is 1. The topological polar surface area (TPSA) is 101 Å². The van der Waals surface area contributed by atoms with Gasteiger partial charge < -0.3 is 10.6 Å². The van der Waals surface area contributed by atoms with Gasteiger partial charge in [-0.2, -0.15) is 13.2 Å². The average molecular weight is 495 g/mol. The molecule has 33 heavy (non-hydrogen) atoms. The molecule has 0 aliphatic heterocycles. The van der Waals surface area contributed by atoms with E-state index in [2.05, 4.69) is 25.6 Å². The van der Waals surface area contributed by atoms with Crippen LogP contribution in [0.4, 0.5) is 19.0 Å². The summed E-state index contributed by atoms with van der Waals surface area (Å²) in [6, 6.07) is 5.45. The lowest BCUT2D eigenvalue weighted by Crippen LogP contribution is -2.27. The number of fused-ring (bicyclic) bond motifs is 1. The standard InChI is InChI=1S/C20H14ClF3N6O2S/c1-10(28-17(31)13-8-26-16-4-2-3-5-30(13)16)19-27-9-14(33-19)18(32)29-15-6-11(20(22,23)24)12(21)7-25-15/h2-10H,1H3,(H,28,31)(H,25,29,32)/t10-/m1/s1. The Labute approximate surface area is 193 Å². The van der Waals surface area contributed by atoms with Crippen molar-refractivity contribution in [3.8, 4) is 0 Å². The number of halogens is 4. The van der Waals surface area contributed by atoms with Gasteiger partial charge in [-0.25, -0.2) is 15.0 Å². The molecule has 0 radical (unpaired) electrons. The molecule has 2 amide bonds. The Hall–Kier alpha value is -3.51. The van der Waals surface area contributed by atoms with Crippen LogP contribution in [0.25, 0.3) is 5.65 Å². The maximum Gasteiger partial charge on any atom is 0.418 e. The fourth-order valence-electron chi connectivity index (χ4n) is 2.93. The quantitative estimate of drug-likeness (QED) is 0.422. The van der Waals surface area contributed by atoms with E-state index >= 15 is 0 Å². The first-order chi connectivity index (χ1) is 15.6. The summed E-state index contributed by atoms with van der Waals surface area (Å²) >= 11 is 6.53. The monoisotopic (exact) mass is 494 g/mol. The number of aromatic nitrogens is 4. The van der Waals surface area contributed by atoms with Gasteiger partial charge in [0, 0.05) is 12.4 Å². The predicted molar refractivity (Wildman–Crippen MR) is 115 cm³/mol. The van der Waals surface area contributed by atoms with Gasteiger partial charge in [-0.15, -0.1) is 11.3 Å². The molecular formula is C20H14ClF3N6O2S. The van der Waals surface area contributed by atoms with Crippen molar-refractivity contribution in [3.63, 3.8) is 0 Å². The second kappa shape index (κ2) is 8.79. The summed E-state index contributed by atoms with van der Waals surface area (Å²) < 4.78 is 40.6. The first kappa shape index (κ1) is 22.7. The number of alkyl halides is 3. The van der Waals surface area contributed by atoms with Gasteiger partial charge in [0.05, 0.1) is 29.0 Å². The van der Waals surface area contributed by atoms with E-state index in [1.165, 1.54) is 12.4 Å². The second-order valence-electron chi connectivity index (χ2n) is 6.83. The molecule has 0 aliphatic rings. The Bertz CT molecular complexity index is 1350. The van der Waals surface area contributed by atoms with Crippen LogP contribution in [-0.2, 0) is 6.18 Å². The van der Waals surface area contributed by atoms with Crippen LogP contribution >= 0.6 is 22.9 Å². The molecule has 0 fully saturated rings. The number of nitrogens with one attached hydrogen (secondary N) is 2. The van der Waals surface area contributed by atoms with Gasteiger partial charge >= 0.3 is 6.18 Å². The van der Waals surface area contributed by atoms with Crippen molar-refractivity contribution in [1.29, 1.82) is 0 Å². The van der Waals surface area contributed by atoms with Gasteiger partial charge in [0.25, 0.3) is 11.8 Å². The number of carbonyl (C=O) groups is 2. The third-order valence-electron chi connectivity index (χ3n) is 4.52. The first-order valence-corrected chi connectivity index (χ1v) is 10.6. The number of amides is 2. The lowest BCUT2D eigenvalue weighted by Gasteiger charge is -2.11. The molecule has 8 nitrogen and oxygen atoms in total. The highest BCUT2D eigenvalue weighted by atomic mass is 35.5. The zero-order valence-electron chi connectivity index (χ0n) is 16.7. The number of pyridine rings is 2. The zero-order chi connectivity index (χ0) is 23.8. The zero-order valence-corrected chi connectivity index (χ0v) is 18.3. The Balaban J connectivity index is 1.45. The Kier molecular flexibility index (Phi) is 6.04. The van der Waals surface area contributed by atoms with E-state index in [4.69, 9.17) is 11.6 Å². The smallest absolute Gasteiger partial charge is 0.342 e. The summed E-state index contributed by atoms with van der Waals surface area (Å²) in [4.78, 5) is 37.2. The van der Waals surface area contributed by atoms with Gasteiger partial charge in [-0.3, -0.25) is 14.0 Å². The summed E-state index contributed by atoms with van der Waals surface area (Å²) in [5.41, 5.74) is -0.155. The number of anilines is 1. The summed E-state index contributed by atoms with van der Waals surface area (Å²) in [6.45, 7) is 1.69. The maximum absolute atomic E-state index is 13.0. The van der Waals surface area contributed by atoms with E-state index in [1.807, 2.05) is 0 Å². The number of hydrogen-bond donors (Lipinski definition) is 2. The summed E-state index contributed by atoms with van der Waals surface area (Å²) in [5, 5.41) is 4.94. The Morgan fingerprint density at radius 1 is 1.12 bits per heavy atom. The molecule has 13 heteroatoms. The predicted octanol–water partition coefficient (Wildman–Crippen LogP) is 4.60. The first-order valence-electron chi connectivity index (χ1n) is 9.36. The largest absolute Gasteiger partial charge is 0.418 e. The van der Waals surface area contributed by atoms with Crippen LogP contribution < -0.4 is 10.6 Å². The molecule has 0 bridgehead atoms. The minimum Gasteiger partial charge on any atom is -0.342 e. The molecular weight excluding hydrogens is 481 g/mol. The third-order valence-corrected chi connectivity index (χ3v) is 6.00. The van der Waals surface area contributed by atoms with Crippen LogP contribution in [0.5, 0.6) is 0 Å². The highest BCUT2D eigenvalue weighted by Gasteiger charge is 2.34. The Morgan fingerprint density at radius 3 is 2.67 bits per heavy atom. The van der Waals surface area contributed by atoms with E-state index in [0.717, 1.165) is 17.5 Å². The molecule has 1 atom stereocenters. The van der Waals surface area contributed by atoms with E-state index in [9.17, 15) is 22.8 Å². The van der Waals surface area contributed by atoms with E-state index in [1.54, 1.807) is 35.7 Å².